The Balaban J connectivity index is 2.21. The van der Waals surface area contributed by atoms with Crippen LogP contribution in [0.25, 0.3) is 0 Å². The first kappa shape index (κ1) is 13.5. The normalized spacial score (nSPS) is 12.4. The van der Waals surface area contributed by atoms with Gasteiger partial charge in [-0.2, -0.15) is 0 Å². The standard InChI is InChI=1S/C13H11BrClFN2/c14-10-4-9(6-18-7-10)12(17)5-8-2-1-3-11(15)13(8)16/h1-4,6-7,12H,5,17H2. The van der Waals surface area contributed by atoms with Gasteiger partial charge >= 0.3 is 0 Å². The first-order valence-corrected chi connectivity index (χ1v) is 6.54. The number of halogens is 3. The Morgan fingerprint density at radius 2 is 2.17 bits per heavy atom. The second-order valence-corrected chi connectivity index (χ2v) is 5.28. The molecule has 0 aliphatic heterocycles. The molecule has 1 unspecified atom stereocenters. The van der Waals surface area contributed by atoms with Crippen molar-refractivity contribution in [2.45, 2.75) is 12.5 Å². The van der Waals surface area contributed by atoms with Crippen molar-refractivity contribution in [1.82, 2.24) is 4.98 Å². The van der Waals surface area contributed by atoms with Crippen molar-refractivity contribution in [3.05, 3.63) is 63.1 Å². The van der Waals surface area contributed by atoms with Crippen LogP contribution in [0.5, 0.6) is 0 Å². The summed E-state index contributed by atoms with van der Waals surface area (Å²) in [4.78, 5) is 4.04. The summed E-state index contributed by atoms with van der Waals surface area (Å²) in [6.07, 6.45) is 3.73. The Morgan fingerprint density at radius 3 is 2.89 bits per heavy atom. The lowest BCUT2D eigenvalue weighted by Crippen LogP contribution is -2.14. The summed E-state index contributed by atoms with van der Waals surface area (Å²) in [6.45, 7) is 0. The van der Waals surface area contributed by atoms with Crippen molar-refractivity contribution in [1.29, 1.82) is 0 Å². The second kappa shape index (κ2) is 5.78. The minimum atomic E-state index is -0.405. The first-order chi connectivity index (χ1) is 8.58. The summed E-state index contributed by atoms with van der Waals surface area (Å²) < 4.78 is 14.6. The smallest absolute Gasteiger partial charge is 0.145 e. The number of pyridine rings is 1. The Labute approximate surface area is 118 Å². The minimum Gasteiger partial charge on any atom is -0.324 e. The Hall–Kier alpha value is -0.970. The molecule has 0 bridgehead atoms. The fraction of sp³-hybridized carbons (Fsp3) is 0.154. The summed E-state index contributed by atoms with van der Waals surface area (Å²) in [5.41, 5.74) is 7.40. The summed E-state index contributed by atoms with van der Waals surface area (Å²) in [5, 5.41) is 0.118. The summed E-state index contributed by atoms with van der Waals surface area (Å²) >= 11 is 9.06. The molecule has 1 aromatic heterocycles. The van der Waals surface area contributed by atoms with Gasteiger partial charge in [0, 0.05) is 22.9 Å². The lowest BCUT2D eigenvalue weighted by atomic mass is 10.0. The van der Waals surface area contributed by atoms with Gasteiger partial charge in [0.05, 0.1) is 5.02 Å². The molecule has 0 saturated carbocycles. The van der Waals surface area contributed by atoms with E-state index in [1.165, 1.54) is 6.07 Å². The van der Waals surface area contributed by atoms with Gasteiger partial charge in [-0.15, -0.1) is 0 Å². The van der Waals surface area contributed by atoms with Crippen molar-refractivity contribution in [3.8, 4) is 0 Å². The fourth-order valence-corrected chi connectivity index (χ4v) is 2.27. The molecule has 5 heteroatoms. The van der Waals surface area contributed by atoms with E-state index in [4.69, 9.17) is 17.3 Å². The maximum absolute atomic E-state index is 13.7. The highest BCUT2D eigenvalue weighted by Gasteiger charge is 2.12. The molecule has 0 saturated heterocycles. The van der Waals surface area contributed by atoms with E-state index in [9.17, 15) is 4.39 Å². The van der Waals surface area contributed by atoms with Crippen molar-refractivity contribution in [2.24, 2.45) is 5.73 Å². The lowest BCUT2D eigenvalue weighted by molar-refractivity contribution is 0.593. The van der Waals surface area contributed by atoms with Gasteiger partial charge in [0.25, 0.3) is 0 Å². The highest BCUT2D eigenvalue weighted by atomic mass is 79.9. The van der Waals surface area contributed by atoms with Crippen LogP contribution in [-0.2, 0) is 6.42 Å². The van der Waals surface area contributed by atoms with E-state index in [0.29, 0.717) is 12.0 Å². The third kappa shape index (κ3) is 3.07. The van der Waals surface area contributed by atoms with E-state index < -0.39 is 5.82 Å². The zero-order valence-electron chi connectivity index (χ0n) is 9.41. The summed E-state index contributed by atoms with van der Waals surface area (Å²) in [5.74, 6) is -0.405. The topological polar surface area (TPSA) is 38.9 Å². The van der Waals surface area contributed by atoms with Crippen LogP contribution in [0.15, 0.2) is 41.1 Å². The van der Waals surface area contributed by atoms with Crippen LogP contribution in [0.3, 0.4) is 0 Å². The third-order valence-electron chi connectivity index (χ3n) is 2.63. The molecular formula is C13H11BrClFN2. The summed E-state index contributed by atoms with van der Waals surface area (Å²) in [6, 6.07) is 6.48. The molecule has 0 fully saturated rings. The number of hydrogen-bond acceptors (Lipinski definition) is 2. The molecule has 2 aromatic rings. The molecule has 1 heterocycles. The lowest BCUT2D eigenvalue weighted by Gasteiger charge is -2.13. The van der Waals surface area contributed by atoms with Crippen LogP contribution in [0, 0.1) is 5.82 Å². The largest absolute Gasteiger partial charge is 0.324 e. The number of rotatable bonds is 3. The van der Waals surface area contributed by atoms with E-state index >= 15 is 0 Å². The third-order valence-corrected chi connectivity index (χ3v) is 3.35. The number of aromatic nitrogens is 1. The van der Waals surface area contributed by atoms with Crippen LogP contribution in [0.4, 0.5) is 4.39 Å². The van der Waals surface area contributed by atoms with E-state index in [1.807, 2.05) is 6.07 Å². The number of nitrogens with two attached hydrogens (primary N) is 1. The van der Waals surface area contributed by atoms with Crippen LogP contribution in [0.1, 0.15) is 17.2 Å². The van der Waals surface area contributed by atoms with E-state index in [-0.39, 0.29) is 11.1 Å². The Bertz CT molecular complexity index is 562. The predicted octanol–water partition coefficient (Wildman–Crippen LogP) is 3.88. The van der Waals surface area contributed by atoms with Gasteiger partial charge in [-0.1, -0.05) is 23.7 Å². The molecule has 1 atom stereocenters. The minimum absolute atomic E-state index is 0.118. The number of benzene rings is 1. The average molecular weight is 330 g/mol. The highest BCUT2D eigenvalue weighted by Crippen LogP contribution is 2.23. The quantitative estimate of drug-likeness (QED) is 0.928. The maximum Gasteiger partial charge on any atom is 0.145 e. The van der Waals surface area contributed by atoms with Crippen molar-refractivity contribution >= 4 is 27.5 Å². The average Bonchev–Trinajstić information content (AvgIpc) is 2.35. The van der Waals surface area contributed by atoms with Gasteiger partial charge in [-0.3, -0.25) is 4.98 Å². The molecule has 0 amide bonds. The molecular weight excluding hydrogens is 319 g/mol. The molecule has 0 aliphatic rings. The predicted molar refractivity (Wildman–Crippen MR) is 74.0 cm³/mol. The maximum atomic E-state index is 13.7. The molecule has 2 N–H and O–H groups in total. The van der Waals surface area contributed by atoms with Gasteiger partial charge in [0.1, 0.15) is 5.82 Å². The van der Waals surface area contributed by atoms with Crippen LogP contribution < -0.4 is 5.73 Å². The van der Waals surface area contributed by atoms with Gasteiger partial charge in [-0.05, 0) is 45.6 Å². The Morgan fingerprint density at radius 1 is 1.39 bits per heavy atom. The highest BCUT2D eigenvalue weighted by molar-refractivity contribution is 9.10. The van der Waals surface area contributed by atoms with E-state index in [1.54, 1.807) is 24.5 Å². The van der Waals surface area contributed by atoms with Gasteiger partial charge in [0.15, 0.2) is 0 Å². The van der Waals surface area contributed by atoms with Gasteiger partial charge < -0.3 is 5.73 Å². The molecule has 0 spiro atoms. The SMILES string of the molecule is NC(Cc1cccc(Cl)c1F)c1cncc(Br)c1. The Kier molecular flexibility index (Phi) is 4.32. The van der Waals surface area contributed by atoms with Crippen molar-refractivity contribution in [3.63, 3.8) is 0 Å². The van der Waals surface area contributed by atoms with Crippen LogP contribution >= 0.6 is 27.5 Å². The molecule has 0 radical (unpaired) electrons. The molecule has 18 heavy (non-hydrogen) atoms. The zero-order valence-corrected chi connectivity index (χ0v) is 11.7. The van der Waals surface area contributed by atoms with Crippen molar-refractivity contribution < 1.29 is 4.39 Å². The first-order valence-electron chi connectivity index (χ1n) is 5.37. The second-order valence-electron chi connectivity index (χ2n) is 3.96. The van der Waals surface area contributed by atoms with E-state index in [2.05, 4.69) is 20.9 Å². The molecule has 2 nitrogen and oxygen atoms in total. The van der Waals surface area contributed by atoms with Gasteiger partial charge in [-0.25, -0.2) is 4.39 Å². The van der Waals surface area contributed by atoms with E-state index in [0.717, 1.165) is 10.0 Å². The van der Waals surface area contributed by atoms with Crippen molar-refractivity contribution in [2.75, 3.05) is 0 Å². The van der Waals surface area contributed by atoms with Crippen LogP contribution in [-0.4, -0.2) is 4.98 Å². The molecule has 94 valence electrons. The molecule has 0 aliphatic carbocycles. The number of hydrogen-bond donors (Lipinski definition) is 1. The van der Waals surface area contributed by atoms with Gasteiger partial charge in [0.2, 0.25) is 0 Å². The molecule has 1 aromatic carbocycles. The monoisotopic (exact) mass is 328 g/mol. The summed E-state index contributed by atoms with van der Waals surface area (Å²) in [7, 11) is 0. The van der Waals surface area contributed by atoms with Crippen LogP contribution in [0.2, 0.25) is 5.02 Å². The zero-order chi connectivity index (χ0) is 13.1. The number of nitrogens with zero attached hydrogens (tertiary/aromatic N) is 1. The molecule has 2 rings (SSSR count). The fourth-order valence-electron chi connectivity index (χ4n) is 1.69.